The highest BCUT2D eigenvalue weighted by Crippen LogP contribution is 2.25. The Labute approximate surface area is 195 Å². The predicted molar refractivity (Wildman–Crippen MR) is 134 cm³/mol. The lowest BCUT2D eigenvalue weighted by Gasteiger charge is -2.35. The summed E-state index contributed by atoms with van der Waals surface area (Å²) in [6.07, 6.45) is 2.84. The van der Waals surface area contributed by atoms with Crippen molar-refractivity contribution in [3.8, 4) is 0 Å². The smallest absolute Gasteiger partial charge is 0.193 e. The standard InChI is InChI=1S/C24H28N4O.HI/c1-18-7-3-4-11-21(18)22-17-28(15-16-29-22)24(25-2)27-14-12-20-9-5-8-19-10-6-13-26-23(19)20;/h3-11,13,22H,12,14-17H2,1-2H3,(H,25,27);1H. The Bertz CT molecular complexity index is 1000. The molecule has 5 nitrogen and oxygen atoms in total. The second-order valence-electron chi connectivity index (χ2n) is 7.38. The quantitative estimate of drug-likeness (QED) is 0.318. The Morgan fingerprint density at radius 2 is 2.00 bits per heavy atom. The molecule has 1 N–H and O–H groups in total. The zero-order valence-corrected chi connectivity index (χ0v) is 19.9. The number of nitrogens with one attached hydrogen (secondary N) is 1. The normalized spacial score (nSPS) is 16.9. The summed E-state index contributed by atoms with van der Waals surface area (Å²) in [5.41, 5.74) is 4.86. The number of hydrogen-bond donors (Lipinski definition) is 1. The number of nitrogens with zero attached hydrogens (tertiary/aromatic N) is 3. The minimum Gasteiger partial charge on any atom is -0.370 e. The van der Waals surface area contributed by atoms with E-state index in [1.165, 1.54) is 22.1 Å². The maximum absolute atomic E-state index is 6.06. The molecule has 0 aliphatic carbocycles. The lowest BCUT2D eigenvalue weighted by Crippen LogP contribution is -2.48. The van der Waals surface area contributed by atoms with Crippen LogP contribution < -0.4 is 5.32 Å². The first kappa shape index (κ1) is 22.5. The molecule has 1 fully saturated rings. The Hall–Kier alpha value is -2.19. The molecule has 30 heavy (non-hydrogen) atoms. The second-order valence-corrected chi connectivity index (χ2v) is 7.38. The van der Waals surface area contributed by atoms with E-state index in [1.54, 1.807) is 0 Å². The number of hydrogen-bond acceptors (Lipinski definition) is 3. The molecule has 0 radical (unpaired) electrons. The van der Waals surface area contributed by atoms with Crippen molar-refractivity contribution in [2.75, 3.05) is 33.3 Å². The van der Waals surface area contributed by atoms with Crippen molar-refractivity contribution in [2.45, 2.75) is 19.4 Å². The first-order valence-corrected chi connectivity index (χ1v) is 10.2. The largest absolute Gasteiger partial charge is 0.370 e. The second kappa shape index (κ2) is 10.7. The summed E-state index contributed by atoms with van der Waals surface area (Å²) in [5.74, 6) is 0.931. The highest BCUT2D eigenvalue weighted by Gasteiger charge is 2.25. The first-order chi connectivity index (χ1) is 14.3. The number of guanidine groups is 1. The molecule has 0 saturated carbocycles. The number of para-hydroxylation sites is 1. The number of benzene rings is 2. The summed E-state index contributed by atoms with van der Waals surface area (Å²) in [7, 11) is 1.85. The average Bonchev–Trinajstić information content (AvgIpc) is 2.77. The molecular formula is C24H29IN4O. The third-order valence-corrected chi connectivity index (χ3v) is 5.51. The van der Waals surface area contributed by atoms with Crippen LogP contribution in [0.1, 0.15) is 22.8 Å². The lowest BCUT2D eigenvalue weighted by molar-refractivity contribution is -0.00829. The predicted octanol–water partition coefficient (Wildman–Crippen LogP) is 4.35. The zero-order valence-electron chi connectivity index (χ0n) is 17.5. The molecule has 0 amide bonds. The minimum atomic E-state index is 0. The van der Waals surface area contributed by atoms with E-state index in [0.29, 0.717) is 6.61 Å². The third-order valence-electron chi connectivity index (χ3n) is 5.51. The van der Waals surface area contributed by atoms with Crippen LogP contribution in [-0.4, -0.2) is 49.1 Å². The van der Waals surface area contributed by atoms with Crippen LogP contribution in [0.3, 0.4) is 0 Å². The van der Waals surface area contributed by atoms with Crippen molar-refractivity contribution in [1.29, 1.82) is 0 Å². The number of aliphatic imine (C=N–C) groups is 1. The van der Waals surface area contributed by atoms with Crippen molar-refractivity contribution >= 4 is 40.8 Å². The van der Waals surface area contributed by atoms with Gasteiger partial charge in [0.2, 0.25) is 0 Å². The van der Waals surface area contributed by atoms with E-state index < -0.39 is 0 Å². The molecule has 1 aromatic heterocycles. The lowest BCUT2D eigenvalue weighted by atomic mass is 10.0. The van der Waals surface area contributed by atoms with Gasteiger partial charge in [0.1, 0.15) is 6.10 Å². The van der Waals surface area contributed by atoms with Gasteiger partial charge in [-0.3, -0.25) is 9.98 Å². The molecule has 1 aliphatic heterocycles. The van der Waals surface area contributed by atoms with E-state index in [9.17, 15) is 0 Å². The molecule has 0 bridgehead atoms. The maximum atomic E-state index is 6.06. The van der Waals surface area contributed by atoms with Crippen molar-refractivity contribution in [1.82, 2.24) is 15.2 Å². The van der Waals surface area contributed by atoms with Crippen LogP contribution >= 0.6 is 24.0 Å². The van der Waals surface area contributed by atoms with Crippen molar-refractivity contribution in [3.05, 3.63) is 77.5 Å². The summed E-state index contributed by atoms with van der Waals surface area (Å²) in [6.45, 7) is 5.31. The van der Waals surface area contributed by atoms with Gasteiger partial charge in [0.25, 0.3) is 0 Å². The van der Waals surface area contributed by atoms with Crippen LogP contribution in [-0.2, 0) is 11.2 Å². The van der Waals surface area contributed by atoms with Gasteiger partial charge in [-0.2, -0.15) is 0 Å². The van der Waals surface area contributed by atoms with Crippen LogP contribution in [0.25, 0.3) is 10.9 Å². The Morgan fingerprint density at radius 3 is 2.83 bits per heavy atom. The number of ether oxygens (including phenoxy) is 1. The minimum absolute atomic E-state index is 0. The summed E-state index contributed by atoms with van der Waals surface area (Å²) in [4.78, 5) is 11.4. The van der Waals surface area contributed by atoms with Crippen LogP contribution in [0.15, 0.2) is 65.8 Å². The number of aryl methyl sites for hydroxylation is 1. The summed E-state index contributed by atoms with van der Waals surface area (Å²) in [6, 6.07) is 18.9. The van der Waals surface area contributed by atoms with Gasteiger partial charge in [-0.25, -0.2) is 0 Å². The van der Waals surface area contributed by atoms with Gasteiger partial charge < -0.3 is 15.0 Å². The van der Waals surface area contributed by atoms with Gasteiger partial charge in [-0.15, -0.1) is 24.0 Å². The molecule has 3 aromatic rings. The van der Waals surface area contributed by atoms with Gasteiger partial charge in [0, 0.05) is 31.7 Å². The highest BCUT2D eigenvalue weighted by molar-refractivity contribution is 14.0. The van der Waals surface area contributed by atoms with Crippen LogP contribution in [0.5, 0.6) is 0 Å². The molecule has 6 heteroatoms. The van der Waals surface area contributed by atoms with E-state index in [4.69, 9.17) is 4.74 Å². The Kier molecular flexibility index (Phi) is 8.04. The van der Waals surface area contributed by atoms with E-state index in [0.717, 1.165) is 37.5 Å². The van der Waals surface area contributed by atoms with E-state index in [2.05, 4.69) is 75.6 Å². The number of rotatable bonds is 4. The molecule has 1 saturated heterocycles. The van der Waals surface area contributed by atoms with E-state index in [1.807, 2.05) is 19.3 Å². The van der Waals surface area contributed by atoms with Gasteiger partial charge in [0.05, 0.1) is 18.7 Å². The number of aromatic nitrogens is 1. The van der Waals surface area contributed by atoms with Crippen molar-refractivity contribution < 1.29 is 4.74 Å². The van der Waals surface area contributed by atoms with Crippen LogP contribution in [0.4, 0.5) is 0 Å². The fraction of sp³-hybridized carbons (Fsp3) is 0.333. The molecular weight excluding hydrogens is 487 g/mol. The molecule has 1 aliphatic rings. The SMILES string of the molecule is CN=C(NCCc1cccc2cccnc12)N1CCOC(c2ccccc2C)C1.I. The molecule has 4 rings (SSSR count). The Morgan fingerprint density at radius 1 is 1.17 bits per heavy atom. The summed E-state index contributed by atoms with van der Waals surface area (Å²) in [5, 5.41) is 4.72. The highest BCUT2D eigenvalue weighted by atomic mass is 127. The number of morpholine rings is 1. The molecule has 2 aromatic carbocycles. The molecule has 158 valence electrons. The number of fused-ring (bicyclic) bond motifs is 1. The summed E-state index contributed by atoms with van der Waals surface area (Å²) < 4.78 is 6.06. The van der Waals surface area contributed by atoms with Crippen LogP contribution in [0.2, 0.25) is 0 Å². The monoisotopic (exact) mass is 516 g/mol. The molecule has 0 spiro atoms. The van der Waals surface area contributed by atoms with Gasteiger partial charge in [-0.1, -0.05) is 48.5 Å². The average molecular weight is 516 g/mol. The van der Waals surface area contributed by atoms with Crippen molar-refractivity contribution in [2.24, 2.45) is 4.99 Å². The number of halogens is 1. The number of pyridine rings is 1. The first-order valence-electron chi connectivity index (χ1n) is 10.2. The van der Waals surface area contributed by atoms with Crippen LogP contribution in [0, 0.1) is 6.92 Å². The zero-order chi connectivity index (χ0) is 20.1. The topological polar surface area (TPSA) is 49.8 Å². The Balaban J connectivity index is 0.00000256. The molecule has 2 heterocycles. The molecule has 1 atom stereocenters. The maximum Gasteiger partial charge on any atom is 0.193 e. The third kappa shape index (κ3) is 5.10. The fourth-order valence-corrected chi connectivity index (χ4v) is 3.99. The fourth-order valence-electron chi connectivity index (χ4n) is 3.99. The van der Waals surface area contributed by atoms with Crippen molar-refractivity contribution in [3.63, 3.8) is 0 Å². The van der Waals surface area contributed by atoms with Gasteiger partial charge in [-0.05, 0) is 36.1 Å². The van der Waals surface area contributed by atoms with Gasteiger partial charge in [0.15, 0.2) is 5.96 Å². The van der Waals surface area contributed by atoms with Gasteiger partial charge >= 0.3 is 0 Å². The van der Waals surface area contributed by atoms with E-state index >= 15 is 0 Å². The summed E-state index contributed by atoms with van der Waals surface area (Å²) >= 11 is 0. The molecule has 1 unspecified atom stereocenters. The van der Waals surface area contributed by atoms with E-state index in [-0.39, 0.29) is 30.1 Å².